The molecular weight excluding hydrogens is 310 g/mol. The summed E-state index contributed by atoms with van der Waals surface area (Å²) in [5.74, 6) is -0.276. The molecule has 2 aromatic heterocycles. The van der Waals surface area contributed by atoms with Gasteiger partial charge in [-0.3, -0.25) is 9.78 Å². The molecule has 0 aliphatic rings. The van der Waals surface area contributed by atoms with Crippen LogP contribution in [0.1, 0.15) is 16.2 Å². The molecule has 116 valence electrons. The highest BCUT2D eigenvalue weighted by Crippen LogP contribution is 2.26. The van der Waals surface area contributed by atoms with Gasteiger partial charge in [-0.1, -0.05) is 11.8 Å². The first-order valence-corrected chi connectivity index (χ1v) is 7.79. The quantitative estimate of drug-likeness (QED) is 0.798. The molecule has 0 radical (unpaired) electrons. The number of benzene rings is 1. The van der Waals surface area contributed by atoms with Gasteiger partial charge in [0, 0.05) is 36.2 Å². The maximum atomic E-state index is 12.1. The van der Waals surface area contributed by atoms with Crippen molar-refractivity contribution in [1.29, 1.82) is 0 Å². The Morgan fingerprint density at radius 1 is 1.13 bits per heavy atom. The van der Waals surface area contributed by atoms with E-state index >= 15 is 0 Å². The van der Waals surface area contributed by atoms with Crippen molar-refractivity contribution in [3.63, 3.8) is 0 Å². The number of nitrogens with zero attached hydrogens (tertiary/aromatic N) is 4. The topological polar surface area (TPSA) is 72.7 Å². The van der Waals surface area contributed by atoms with Crippen LogP contribution in [-0.4, -0.2) is 25.4 Å². The van der Waals surface area contributed by atoms with E-state index in [1.807, 2.05) is 49.0 Å². The Morgan fingerprint density at radius 3 is 2.52 bits per heavy atom. The van der Waals surface area contributed by atoms with E-state index in [1.54, 1.807) is 24.2 Å². The highest BCUT2D eigenvalue weighted by molar-refractivity contribution is 7.99. The maximum absolute atomic E-state index is 12.1. The van der Waals surface area contributed by atoms with Crippen molar-refractivity contribution in [1.82, 2.24) is 19.5 Å². The number of anilines is 1. The third-order valence-electron chi connectivity index (χ3n) is 3.11. The predicted octanol–water partition coefficient (Wildman–Crippen LogP) is 2.92. The van der Waals surface area contributed by atoms with Gasteiger partial charge in [0.2, 0.25) is 0 Å². The molecule has 2 heterocycles. The normalized spacial score (nSPS) is 10.5. The van der Waals surface area contributed by atoms with E-state index in [4.69, 9.17) is 0 Å². The van der Waals surface area contributed by atoms with Crippen LogP contribution in [0.3, 0.4) is 0 Å². The van der Waals surface area contributed by atoms with Crippen LogP contribution >= 0.6 is 11.8 Å². The Morgan fingerprint density at radius 2 is 1.91 bits per heavy atom. The van der Waals surface area contributed by atoms with E-state index in [9.17, 15) is 4.79 Å². The number of nitrogens with one attached hydrogen (secondary N) is 1. The van der Waals surface area contributed by atoms with Gasteiger partial charge in [-0.05, 0) is 31.2 Å². The molecule has 0 aliphatic heterocycles. The van der Waals surface area contributed by atoms with Crippen LogP contribution in [0.5, 0.6) is 0 Å². The number of aryl methyl sites for hydroxylation is 2. The third-order valence-corrected chi connectivity index (χ3v) is 4.20. The molecule has 1 N–H and O–H groups in total. The molecule has 7 heteroatoms. The van der Waals surface area contributed by atoms with Crippen molar-refractivity contribution >= 4 is 23.4 Å². The highest BCUT2D eigenvalue weighted by atomic mass is 32.2. The van der Waals surface area contributed by atoms with Crippen LogP contribution in [0.4, 0.5) is 5.69 Å². The molecule has 0 saturated carbocycles. The van der Waals surface area contributed by atoms with E-state index in [1.165, 1.54) is 6.20 Å². The van der Waals surface area contributed by atoms with E-state index in [0.717, 1.165) is 15.7 Å². The summed E-state index contributed by atoms with van der Waals surface area (Å²) in [7, 11) is 1.95. The van der Waals surface area contributed by atoms with Crippen molar-refractivity contribution in [2.45, 2.75) is 17.0 Å². The van der Waals surface area contributed by atoms with Crippen LogP contribution in [0.15, 0.2) is 59.1 Å². The standard InChI is InChI=1S/C16H15N5OS/c1-11-9-19-14(10-18-11)15(22)20-12-3-5-13(6-4-12)23-16-17-7-8-21(16)2/h3-10H,1-2H3,(H,20,22). The van der Waals surface area contributed by atoms with Crippen LogP contribution in [0.2, 0.25) is 0 Å². The van der Waals surface area contributed by atoms with Gasteiger partial charge in [-0.2, -0.15) is 0 Å². The molecule has 0 atom stereocenters. The summed E-state index contributed by atoms with van der Waals surface area (Å²) in [5.41, 5.74) is 1.78. The van der Waals surface area contributed by atoms with E-state index < -0.39 is 0 Å². The second kappa shape index (κ2) is 6.62. The third kappa shape index (κ3) is 3.75. The molecule has 1 amide bonds. The lowest BCUT2D eigenvalue weighted by molar-refractivity contribution is 0.102. The summed E-state index contributed by atoms with van der Waals surface area (Å²) in [6.07, 6.45) is 6.70. The van der Waals surface area contributed by atoms with Crippen molar-refractivity contribution in [2.75, 3.05) is 5.32 Å². The van der Waals surface area contributed by atoms with Gasteiger partial charge in [0.05, 0.1) is 11.9 Å². The number of carbonyl (C=O) groups is 1. The monoisotopic (exact) mass is 325 g/mol. The number of hydrogen-bond donors (Lipinski definition) is 1. The minimum Gasteiger partial charge on any atom is -0.329 e. The van der Waals surface area contributed by atoms with Crippen LogP contribution in [0, 0.1) is 6.92 Å². The minimum atomic E-state index is -0.276. The number of carbonyl (C=O) groups excluding carboxylic acids is 1. The maximum Gasteiger partial charge on any atom is 0.275 e. The SMILES string of the molecule is Cc1cnc(C(=O)Nc2ccc(Sc3nccn3C)cc2)cn1. The zero-order valence-electron chi connectivity index (χ0n) is 12.7. The molecule has 0 spiro atoms. The molecule has 0 aliphatic carbocycles. The summed E-state index contributed by atoms with van der Waals surface area (Å²) in [6, 6.07) is 7.58. The highest BCUT2D eigenvalue weighted by Gasteiger charge is 2.08. The van der Waals surface area contributed by atoms with Gasteiger partial charge in [0.15, 0.2) is 5.16 Å². The van der Waals surface area contributed by atoms with Gasteiger partial charge >= 0.3 is 0 Å². The Hall–Kier alpha value is -2.67. The second-order valence-electron chi connectivity index (χ2n) is 4.94. The van der Waals surface area contributed by atoms with E-state index in [2.05, 4.69) is 20.3 Å². The summed E-state index contributed by atoms with van der Waals surface area (Å²) in [6.45, 7) is 1.83. The van der Waals surface area contributed by atoms with Gasteiger partial charge in [-0.25, -0.2) is 9.97 Å². The van der Waals surface area contributed by atoms with Gasteiger partial charge in [0.25, 0.3) is 5.91 Å². The number of amides is 1. The molecule has 0 unspecified atom stereocenters. The molecule has 6 nitrogen and oxygen atoms in total. The molecule has 0 bridgehead atoms. The van der Waals surface area contributed by atoms with E-state index in [0.29, 0.717) is 11.4 Å². The largest absolute Gasteiger partial charge is 0.329 e. The van der Waals surface area contributed by atoms with Crippen molar-refractivity contribution < 1.29 is 4.79 Å². The van der Waals surface area contributed by atoms with Gasteiger partial charge in [0.1, 0.15) is 5.69 Å². The zero-order valence-corrected chi connectivity index (χ0v) is 13.5. The van der Waals surface area contributed by atoms with Crippen molar-refractivity contribution in [3.8, 4) is 0 Å². The summed E-state index contributed by atoms with van der Waals surface area (Å²) >= 11 is 1.56. The fourth-order valence-electron chi connectivity index (χ4n) is 1.87. The average molecular weight is 325 g/mol. The van der Waals surface area contributed by atoms with Gasteiger partial charge in [-0.15, -0.1) is 0 Å². The lowest BCUT2D eigenvalue weighted by atomic mass is 10.3. The number of imidazole rings is 1. The second-order valence-corrected chi connectivity index (χ2v) is 5.98. The number of rotatable bonds is 4. The first-order valence-electron chi connectivity index (χ1n) is 6.97. The first kappa shape index (κ1) is 15.2. The molecule has 0 fully saturated rings. The van der Waals surface area contributed by atoms with Crippen LogP contribution in [-0.2, 0) is 7.05 Å². The molecule has 1 aromatic carbocycles. The lowest BCUT2D eigenvalue weighted by Gasteiger charge is -2.06. The molecule has 0 saturated heterocycles. The fourth-order valence-corrected chi connectivity index (χ4v) is 2.67. The molecule has 3 rings (SSSR count). The van der Waals surface area contributed by atoms with Crippen LogP contribution < -0.4 is 5.32 Å². The summed E-state index contributed by atoms with van der Waals surface area (Å²) in [5, 5.41) is 3.72. The minimum absolute atomic E-state index is 0.276. The molecule has 23 heavy (non-hydrogen) atoms. The Balaban J connectivity index is 1.66. The Labute approximate surface area is 138 Å². The first-order chi connectivity index (χ1) is 11.1. The number of hydrogen-bond acceptors (Lipinski definition) is 5. The lowest BCUT2D eigenvalue weighted by Crippen LogP contribution is -2.14. The molecular formula is C16H15N5OS. The number of aromatic nitrogens is 4. The summed E-state index contributed by atoms with van der Waals surface area (Å²) in [4.78, 5) is 25.5. The van der Waals surface area contributed by atoms with Crippen molar-refractivity contribution in [3.05, 3.63) is 60.4 Å². The Kier molecular flexibility index (Phi) is 4.38. The smallest absolute Gasteiger partial charge is 0.275 e. The van der Waals surface area contributed by atoms with Crippen LogP contribution in [0.25, 0.3) is 0 Å². The average Bonchev–Trinajstić information content (AvgIpc) is 2.95. The Bertz CT molecular complexity index is 811. The fraction of sp³-hybridized carbons (Fsp3) is 0.125. The zero-order chi connectivity index (χ0) is 16.2. The molecule has 3 aromatic rings. The van der Waals surface area contributed by atoms with E-state index in [-0.39, 0.29) is 5.91 Å². The van der Waals surface area contributed by atoms with Gasteiger partial charge < -0.3 is 9.88 Å². The summed E-state index contributed by atoms with van der Waals surface area (Å²) < 4.78 is 1.95. The predicted molar refractivity (Wildman–Crippen MR) is 88.5 cm³/mol. The van der Waals surface area contributed by atoms with Crippen molar-refractivity contribution in [2.24, 2.45) is 7.05 Å².